The smallest absolute Gasteiger partial charge is 0.159 e. The molecule has 0 aliphatic heterocycles. The van der Waals surface area contributed by atoms with E-state index in [1.54, 1.807) is 12.4 Å². The van der Waals surface area contributed by atoms with Crippen LogP contribution in [0, 0.1) is 5.41 Å². The van der Waals surface area contributed by atoms with Crippen molar-refractivity contribution in [3.8, 4) is 11.4 Å². The van der Waals surface area contributed by atoms with E-state index in [2.05, 4.69) is 55.0 Å². The molecule has 1 atom stereocenters. The lowest BCUT2D eigenvalue weighted by molar-refractivity contribution is 0.0402. The molecule has 24 heavy (non-hydrogen) atoms. The highest BCUT2D eigenvalue weighted by molar-refractivity contribution is 5.54. The van der Waals surface area contributed by atoms with E-state index in [1.165, 1.54) is 24.8 Å². The molecule has 0 radical (unpaired) electrons. The summed E-state index contributed by atoms with van der Waals surface area (Å²) in [5, 5.41) is 0. The zero-order valence-electron chi connectivity index (χ0n) is 15.3. The van der Waals surface area contributed by atoms with Crippen LogP contribution in [0.5, 0.6) is 0 Å². The molecule has 2 aromatic rings. The van der Waals surface area contributed by atoms with Gasteiger partial charge in [0.2, 0.25) is 0 Å². The average molecular weight is 326 g/mol. The van der Waals surface area contributed by atoms with Crippen molar-refractivity contribution in [2.75, 3.05) is 13.2 Å². The Labute approximate surface area is 146 Å². The van der Waals surface area contributed by atoms with Crippen LogP contribution in [0.1, 0.15) is 52.0 Å². The van der Waals surface area contributed by atoms with Crippen LogP contribution in [0.2, 0.25) is 0 Å². The van der Waals surface area contributed by atoms with Gasteiger partial charge < -0.3 is 4.74 Å². The van der Waals surface area contributed by atoms with Gasteiger partial charge >= 0.3 is 0 Å². The molecular weight excluding hydrogens is 296 g/mol. The highest BCUT2D eigenvalue weighted by atomic mass is 16.5. The van der Waals surface area contributed by atoms with Crippen molar-refractivity contribution < 1.29 is 4.74 Å². The Bertz CT molecular complexity index is 573. The van der Waals surface area contributed by atoms with Crippen molar-refractivity contribution in [2.45, 2.75) is 52.9 Å². The van der Waals surface area contributed by atoms with E-state index in [0.717, 1.165) is 37.4 Å². The quantitative estimate of drug-likeness (QED) is 0.593. The van der Waals surface area contributed by atoms with Crippen LogP contribution in [0.4, 0.5) is 0 Å². The maximum atomic E-state index is 5.83. The van der Waals surface area contributed by atoms with E-state index in [9.17, 15) is 0 Å². The molecule has 2 rings (SSSR count). The van der Waals surface area contributed by atoms with Gasteiger partial charge in [-0.05, 0) is 43.2 Å². The minimum Gasteiger partial charge on any atom is -0.381 e. The van der Waals surface area contributed by atoms with Crippen molar-refractivity contribution in [3.63, 3.8) is 0 Å². The number of benzene rings is 1. The molecule has 0 aliphatic carbocycles. The van der Waals surface area contributed by atoms with Gasteiger partial charge in [-0.15, -0.1) is 0 Å². The number of nitrogens with zero attached hydrogens (tertiary/aromatic N) is 2. The zero-order chi connectivity index (χ0) is 17.3. The Morgan fingerprint density at radius 2 is 1.71 bits per heavy atom. The van der Waals surface area contributed by atoms with Crippen LogP contribution in [0.15, 0.2) is 42.7 Å². The molecule has 0 N–H and O–H groups in total. The largest absolute Gasteiger partial charge is 0.381 e. The lowest BCUT2D eigenvalue weighted by Gasteiger charge is -2.33. The molecule has 1 unspecified atom stereocenters. The second-order valence-corrected chi connectivity index (χ2v) is 6.54. The summed E-state index contributed by atoms with van der Waals surface area (Å²) in [6, 6.07) is 10.5. The van der Waals surface area contributed by atoms with E-state index in [-0.39, 0.29) is 5.41 Å². The summed E-state index contributed by atoms with van der Waals surface area (Å²) in [5.74, 6) is 0.783. The standard InChI is InChI=1S/C21H30N2O/c1-4-7-13-21(5-2,17-24-6-3)16-18-9-11-19(12-10-18)20-22-14-8-15-23-20/h8-12,14-15H,4-7,13,16-17H2,1-3H3. The minimum absolute atomic E-state index is 0.247. The Morgan fingerprint density at radius 3 is 2.29 bits per heavy atom. The Balaban J connectivity index is 2.13. The molecule has 130 valence electrons. The summed E-state index contributed by atoms with van der Waals surface area (Å²) in [4.78, 5) is 8.64. The third-order valence-electron chi connectivity index (χ3n) is 4.78. The third-order valence-corrected chi connectivity index (χ3v) is 4.78. The normalized spacial score (nSPS) is 13.6. The molecule has 0 spiro atoms. The fraction of sp³-hybridized carbons (Fsp3) is 0.524. The summed E-state index contributed by atoms with van der Waals surface area (Å²) in [7, 11) is 0. The van der Waals surface area contributed by atoms with Gasteiger partial charge in [0, 0.05) is 24.6 Å². The molecule has 3 heteroatoms. The van der Waals surface area contributed by atoms with Crippen molar-refractivity contribution in [2.24, 2.45) is 5.41 Å². The third kappa shape index (κ3) is 5.13. The topological polar surface area (TPSA) is 35.0 Å². The zero-order valence-corrected chi connectivity index (χ0v) is 15.3. The number of hydrogen-bond acceptors (Lipinski definition) is 3. The molecule has 0 fully saturated rings. The first-order valence-electron chi connectivity index (χ1n) is 9.17. The summed E-state index contributed by atoms with van der Waals surface area (Å²) in [6.45, 7) is 8.27. The van der Waals surface area contributed by atoms with Gasteiger partial charge in [-0.3, -0.25) is 0 Å². The monoisotopic (exact) mass is 326 g/mol. The predicted molar refractivity (Wildman–Crippen MR) is 99.9 cm³/mol. The van der Waals surface area contributed by atoms with Crippen molar-refractivity contribution in [1.29, 1.82) is 0 Å². The summed E-state index contributed by atoms with van der Waals surface area (Å²) in [5.41, 5.74) is 2.68. The minimum atomic E-state index is 0.247. The van der Waals surface area contributed by atoms with Gasteiger partial charge in [-0.1, -0.05) is 51.0 Å². The first-order valence-corrected chi connectivity index (χ1v) is 9.17. The van der Waals surface area contributed by atoms with Crippen LogP contribution in [0.3, 0.4) is 0 Å². The molecule has 0 saturated heterocycles. The van der Waals surface area contributed by atoms with Crippen molar-refractivity contribution in [3.05, 3.63) is 48.3 Å². The Kier molecular flexibility index (Phi) is 7.38. The van der Waals surface area contributed by atoms with Crippen molar-refractivity contribution >= 4 is 0 Å². The number of rotatable bonds is 10. The Morgan fingerprint density at radius 1 is 1.00 bits per heavy atom. The van der Waals surface area contributed by atoms with Crippen LogP contribution >= 0.6 is 0 Å². The van der Waals surface area contributed by atoms with Gasteiger partial charge in [-0.25, -0.2) is 9.97 Å². The second-order valence-electron chi connectivity index (χ2n) is 6.54. The fourth-order valence-electron chi connectivity index (χ4n) is 3.14. The number of unbranched alkanes of at least 4 members (excludes halogenated alkanes) is 1. The molecule has 1 heterocycles. The summed E-state index contributed by atoms with van der Waals surface area (Å²) >= 11 is 0. The maximum Gasteiger partial charge on any atom is 0.159 e. The first kappa shape index (κ1) is 18.6. The van der Waals surface area contributed by atoms with Gasteiger partial charge in [0.05, 0.1) is 6.61 Å². The molecule has 0 amide bonds. The van der Waals surface area contributed by atoms with Gasteiger partial charge in [0.25, 0.3) is 0 Å². The van der Waals surface area contributed by atoms with Crippen molar-refractivity contribution in [1.82, 2.24) is 9.97 Å². The van der Waals surface area contributed by atoms with E-state index in [1.807, 2.05) is 6.07 Å². The van der Waals surface area contributed by atoms with Crippen LogP contribution in [-0.4, -0.2) is 23.2 Å². The molecule has 1 aromatic carbocycles. The molecule has 0 bridgehead atoms. The van der Waals surface area contributed by atoms with E-state index in [4.69, 9.17) is 4.74 Å². The highest BCUT2D eigenvalue weighted by Crippen LogP contribution is 2.34. The predicted octanol–water partition coefficient (Wildman–Crippen LogP) is 5.31. The number of ether oxygens (including phenoxy) is 1. The fourth-order valence-corrected chi connectivity index (χ4v) is 3.14. The maximum absolute atomic E-state index is 5.83. The average Bonchev–Trinajstić information content (AvgIpc) is 2.65. The van der Waals surface area contributed by atoms with E-state index < -0.39 is 0 Å². The number of aromatic nitrogens is 2. The summed E-state index contributed by atoms with van der Waals surface area (Å²) in [6.07, 6.45) is 9.50. The van der Waals surface area contributed by atoms with Gasteiger partial charge in [0.15, 0.2) is 5.82 Å². The highest BCUT2D eigenvalue weighted by Gasteiger charge is 2.28. The lowest BCUT2D eigenvalue weighted by Crippen LogP contribution is -2.29. The molecule has 0 aliphatic rings. The second kappa shape index (κ2) is 9.53. The summed E-state index contributed by atoms with van der Waals surface area (Å²) < 4.78 is 5.83. The van der Waals surface area contributed by atoms with Crippen LogP contribution in [0.25, 0.3) is 11.4 Å². The van der Waals surface area contributed by atoms with Gasteiger partial charge in [0.1, 0.15) is 0 Å². The van der Waals surface area contributed by atoms with E-state index >= 15 is 0 Å². The molecule has 3 nitrogen and oxygen atoms in total. The SMILES string of the molecule is CCCCC(CC)(COCC)Cc1ccc(-c2ncccn2)cc1. The number of hydrogen-bond donors (Lipinski definition) is 0. The van der Waals surface area contributed by atoms with Gasteiger partial charge in [-0.2, -0.15) is 0 Å². The lowest BCUT2D eigenvalue weighted by atomic mass is 9.76. The van der Waals surface area contributed by atoms with Crippen LogP contribution in [-0.2, 0) is 11.2 Å². The molecular formula is C21H30N2O. The van der Waals surface area contributed by atoms with Crippen LogP contribution < -0.4 is 0 Å². The first-order chi connectivity index (χ1) is 11.7. The molecule has 1 aromatic heterocycles. The molecule has 0 saturated carbocycles. The van der Waals surface area contributed by atoms with E-state index in [0.29, 0.717) is 0 Å². The Hall–Kier alpha value is -1.74.